The van der Waals surface area contributed by atoms with Crippen LogP contribution in [0.3, 0.4) is 0 Å². The summed E-state index contributed by atoms with van der Waals surface area (Å²) >= 11 is 12.2. The van der Waals surface area contributed by atoms with Crippen molar-refractivity contribution in [2.75, 3.05) is 5.32 Å². The van der Waals surface area contributed by atoms with Gasteiger partial charge in [0.25, 0.3) is 0 Å². The van der Waals surface area contributed by atoms with Gasteiger partial charge in [-0.2, -0.15) is 0 Å². The molecule has 0 fully saturated rings. The molecule has 1 aliphatic heterocycles. The molecule has 0 spiro atoms. The molecule has 2 N–H and O–H groups in total. The Bertz CT molecular complexity index is 442. The number of para-hydroxylation sites is 1. The Labute approximate surface area is 130 Å². The summed E-state index contributed by atoms with van der Waals surface area (Å²) in [6.07, 6.45) is 2.07. The molecule has 0 unspecified atom stereocenters. The minimum atomic E-state index is 0. The lowest BCUT2D eigenvalue weighted by Gasteiger charge is -2.15. The van der Waals surface area contributed by atoms with E-state index >= 15 is 0 Å². The fraction of sp³-hybridized carbons (Fsp3) is 0.462. The molecule has 0 bridgehead atoms. The quantitative estimate of drug-likeness (QED) is 0.868. The number of halogens is 3. The second kappa shape index (κ2) is 7.22. The first-order valence-corrected chi connectivity index (χ1v) is 6.96. The van der Waals surface area contributed by atoms with Crippen LogP contribution < -0.4 is 10.6 Å². The molecule has 0 radical (unpaired) electrons. The Morgan fingerprint density at radius 3 is 2.32 bits per heavy atom. The summed E-state index contributed by atoms with van der Waals surface area (Å²) in [6, 6.07) is 6.14. The number of guanidine groups is 1. The van der Waals surface area contributed by atoms with Gasteiger partial charge >= 0.3 is 0 Å². The van der Waals surface area contributed by atoms with Crippen LogP contribution in [0.4, 0.5) is 5.69 Å². The Morgan fingerprint density at radius 2 is 1.84 bits per heavy atom. The zero-order chi connectivity index (χ0) is 13.1. The third-order valence-corrected chi connectivity index (χ3v) is 3.78. The summed E-state index contributed by atoms with van der Waals surface area (Å²) in [6.45, 7) is 4.30. The number of anilines is 1. The van der Waals surface area contributed by atoms with Crippen LogP contribution in [0.15, 0.2) is 23.2 Å². The maximum absolute atomic E-state index is 6.12. The average molecular weight is 323 g/mol. The van der Waals surface area contributed by atoms with Crippen LogP contribution in [-0.2, 0) is 0 Å². The lowest BCUT2D eigenvalue weighted by molar-refractivity contribution is 0.499. The molecule has 2 atom stereocenters. The molecular weight excluding hydrogens is 305 g/mol. The van der Waals surface area contributed by atoms with Crippen LogP contribution in [0.25, 0.3) is 0 Å². The van der Waals surface area contributed by atoms with Crippen molar-refractivity contribution in [1.29, 1.82) is 0 Å². The maximum atomic E-state index is 6.12. The predicted molar refractivity (Wildman–Crippen MR) is 86.1 cm³/mol. The molecule has 0 aromatic heterocycles. The highest BCUT2D eigenvalue weighted by molar-refractivity contribution is 6.39. The van der Waals surface area contributed by atoms with Gasteiger partial charge < -0.3 is 10.6 Å². The van der Waals surface area contributed by atoms with Crippen molar-refractivity contribution in [3.63, 3.8) is 0 Å². The SMILES string of the molecule is CC[C@@H]1N=C(Nc2c(Cl)cccc2Cl)N[C@H]1CC.Cl. The second-order valence-corrected chi connectivity index (χ2v) is 5.15. The number of rotatable bonds is 3. The number of nitrogens with one attached hydrogen (secondary N) is 2. The maximum Gasteiger partial charge on any atom is 0.196 e. The predicted octanol–water partition coefficient (Wildman–Crippen LogP) is 4.34. The van der Waals surface area contributed by atoms with E-state index in [1.807, 2.05) is 6.07 Å². The lowest BCUT2D eigenvalue weighted by Crippen LogP contribution is -2.36. The Morgan fingerprint density at radius 1 is 1.21 bits per heavy atom. The minimum absolute atomic E-state index is 0. The van der Waals surface area contributed by atoms with Crippen LogP contribution in [0, 0.1) is 0 Å². The Kier molecular flexibility index (Phi) is 6.24. The van der Waals surface area contributed by atoms with Gasteiger partial charge in [0, 0.05) is 0 Å². The van der Waals surface area contributed by atoms with Crippen molar-refractivity contribution in [1.82, 2.24) is 5.32 Å². The number of hydrogen-bond donors (Lipinski definition) is 2. The Balaban J connectivity index is 0.00000180. The molecule has 6 heteroatoms. The van der Waals surface area contributed by atoms with E-state index < -0.39 is 0 Å². The first-order valence-electron chi connectivity index (χ1n) is 6.21. The topological polar surface area (TPSA) is 36.4 Å². The van der Waals surface area contributed by atoms with Gasteiger partial charge in [-0.1, -0.05) is 43.1 Å². The second-order valence-electron chi connectivity index (χ2n) is 4.33. The molecule has 0 saturated heterocycles. The molecule has 2 rings (SSSR count). The molecule has 106 valence electrons. The third-order valence-electron chi connectivity index (χ3n) is 3.15. The summed E-state index contributed by atoms with van der Waals surface area (Å²) in [5, 5.41) is 7.74. The van der Waals surface area contributed by atoms with Crippen molar-refractivity contribution in [3.8, 4) is 0 Å². The van der Waals surface area contributed by atoms with Crippen molar-refractivity contribution < 1.29 is 0 Å². The molecule has 0 saturated carbocycles. The van der Waals surface area contributed by atoms with Crippen LogP contribution >= 0.6 is 35.6 Å². The van der Waals surface area contributed by atoms with E-state index in [0.717, 1.165) is 18.8 Å². The van der Waals surface area contributed by atoms with E-state index in [9.17, 15) is 0 Å². The summed E-state index contributed by atoms with van der Waals surface area (Å²) < 4.78 is 0. The Hall–Kier alpha value is -0.640. The van der Waals surface area contributed by atoms with Crippen molar-refractivity contribution in [2.24, 2.45) is 4.99 Å². The number of benzene rings is 1. The van der Waals surface area contributed by atoms with Gasteiger partial charge in [-0.05, 0) is 25.0 Å². The average Bonchev–Trinajstić information content (AvgIpc) is 2.76. The first-order chi connectivity index (χ1) is 8.65. The van der Waals surface area contributed by atoms with Crippen molar-refractivity contribution in [3.05, 3.63) is 28.2 Å². The molecule has 19 heavy (non-hydrogen) atoms. The number of hydrogen-bond acceptors (Lipinski definition) is 3. The highest BCUT2D eigenvalue weighted by Gasteiger charge is 2.26. The van der Waals surface area contributed by atoms with Gasteiger partial charge in [0.1, 0.15) is 0 Å². The van der Waals surface area contributed by atoms with E-state index in [1.54, 1.807) is 12.1 Å². The largest absolute Gasteiger partial charge is 0.351 e. The van der Waals surface area contributed by atoms with Crippen LogP contribution in [-0.4, -0.2) is 18.0 Å². The zero-order valence-corrected chi connectivity index (χ0v) is 13.2. The molecule has 0 amide bonds. The van der Waals surface area contributed by atoms with Gasteiger partial charge in [0.2, 0.25) is 0 Å². The summed E-state index contributed by atoms with van der Waals surface area (Å²) in [5.41, 5.74) is 0.707. The van der Waals surface area contributed by atoms with Gasteiger partial charge in [-0.3, -0.25) is 0 Å². The van der Waals surface area contributed by atoms with Crippen LogP contribution in [0.1, 0.15) is 26.7 Å². The van der Waals surface area contributed by atoms with E-state index in [0.29, 0.717) is 27.8 Å². The van der Waals surface area contributed by atoms with E-state index in [4.69, 9.17) is 23.2 Å². The zero-order valence-electron chi connectivity index (χ0n) is 10.9. The standard InChI is InChI=1S/C13H17Cl2N3.ClH/c1-3-10-11(4-2)17-13(16-10)18-12-8(14)6-5-7-9(12)15;/h5-7,10-11H,3-4H2,1-2H3,(H2,16,17,18);1H/t10-,11-;/m0./s1. The van der Waals surface area contributed by atoms with Gasteiger partial charge in [-0.25, -0.2) is 4.99 Å². The van der Waals surface area contributed by atoms with Crippen molar-refractivity contribution >= 4 is 47.3 Å². The molecule has 1 aliphatic rings. The van der Waals surface area contributed by atoms with Gasteiger partial charge in [-0.15, -0.1) is 12.4 Å². The summed E-state index contributed by atoms with van der Waals surface area (Å²) in [7, 11) is 0. The van der Waals surface area contributed by atoms with Crippen LogP contribution in [0.5, 0.6) is 0 Å². The van der Waals surface area contributed by atoms with Gasteiger partial charge in [0.05, 0.1) is 27.8 Å². The number of aliphatic imine (C=N–C) groups is 1. The smallest absolute Gasteiger partial charge is 0.196 e. The highest BCUT2D eigenvalue weighted by atomic mass is 35.5. The summed E-state index contributed by atoms with van der Waals surface area (Å²) in [5.74, 6) is 0.753. The fourth-order valence-electron chi connectivity index (χ4n) is 2.12. The fourth-order valence-corrected chi connectivity index (χ4v) is 2.61. The molecule has 1 aromatic carbocycles. The molecule has 1 heterocycles. The van der Waals surface area contributed by atoms with E-state index in [-0.39, 0.29) is 12.4 Å². The van der Waals surface area contributed by atoms with Crippen LogP contribution in [0.2, 0.25) is 10.0 Å². The molecule has 3 nitrogen and oxygen atoms in total. The highest BCUT2D eigenvalue weighted by Crippen LogP contribution is 2.30. The first kappa shape index (κ1) is 16.4. The third kappa shape index (κ3) is 3.68. The van der Waals surface area contributed by atoms with E-state index in [1.165, 1.54) is 0 Å². The molecule has 0 aliphatic carbocycles. The molecule has 1 aromatic rings. The minimum Gasteiger partial charge on any atom is -0.351 e. The molecular formula is C13H18Cl3N3. The summed E-state index contributed by atoms with van der Waals surface area (Å²) in [4.78, 5) is 4.61. The van der Waals surface area contributed by atoms with E-state index in [2.05, 4.69) is 29.5 Å². The van der Waals surface area contributed by atoms with Gasteiger partial charge in [0.15, 0.2) is 5.96 Å². The lowest BCUT2D eigenvalue weighted by atomic mass is 10.1. The monoisotopic (exact) mass is 321 g/mol. The van der Waals surface area contributed by atoms with Crippen molar-refractivity contribution in [2.45, 2.75) is 38.8 Å². The number of nitrogens with zero attached hydrogens (tertiary/aromatic N) is 1. The normalized spacial score (nSPS) is 21.4.